The number of rotatable bonds is 5. The third-order valence-electron chi connectivity index (χ3n) is 6.80. The molecule has 1 unspecified atom stereocenters. The number of para-hydroxylation sites is 1. The molecule has 6 heteroatoms. The molecule has 1 saturated heterocycles. The summed E-state index contributed by atoms with van der Waals surface area (Å²) < 4.78 is 26.4. The lowest BCUT2D eigenvalue weighted by atomic mass is 9.93. The Labute approximate surface area is 201 Å². The fourth-order valence-electron chi connectivity index (χ4n) is 5.08. The smallest absolute Gasteiger partial charge is 0.223 e. The predicted molar refractivity (Wildman–Crippen MR) is 133 cm³/mol. The zero-order valence-corrected chi connectivity index (χ0v) is 19.2. The normalized spacial score (nSPS) is 15.9. The Balaban J connectivity index is 1.33. The van der Waals surface area contributed by atoms with Crippen molar-refractivity contribution in [3.8, 4) is 16.9 Å². The quantitative estimate of drug-likeness (QED) is 0.305. The van der Waals surface area contributed by atoms with E-state index in [1.165, 1.54) is 6.07 Å². The van der Waals surface area contributed by atoms with E-state index in [1.807, 2.05) is 54.6 Å². The number of hydrogen-bond acceptors (Lipinski definition) is 4. The van der Waals surface area contributed by atoms with Crippen LogP contribution < -0.4 is 4.74 Å². The number of pyridine rings is 1. The minimum absolute atomic E-state index is 0.0120. The number of furan rings is 1. The highest BCUT2D eigenvalue weighted by atomic mass is 19.1. The molecule has 0 aliphatic carbocycles. The van der Waals surface area contributed by atoms with E-state index in [0.717, 1.165) is 33.0 Å². The number of amides is 1. The van der Waals surface area contributed by atoms with E-state index in [9.17, 15) is 9.18 Å². The molecule has 0 spiro atoms. The molecule has 5 aromatic rings. The molecular weight excluding hydrogens is 443 g/mol. The number of aromatic nitrogens is 1. The monoisotopic (exact) mass is 466 g/mol. The molecule has 1 amide bonds. The van der Waals surface area contributed by atoms with E-state index in [2.05, 4.69) is 4.98 Å². The van der Waals surface area contributed by atoms with Crippen molar-refractivity contribution >= 4 is 27.8 Å². The summed E-state index contributed by atoms with van der Waals surface area (Å²) in [7, 11) is 1.62. The van der Waals surface area contributed by atoms with Gasteiger partial charge in [-0.05, 0) is 41.5 Å². The first-order chi connectivity index (χ1) is 17.1. The van der Waals surface area contributed by atoms with Gasteiger partial charge in [0.1, 0.15) is 11.4 Å². The van der Waals surface area contributed by atoms with Gasteiger partial charge in [-0.15, -0.1) is 0 Å². The minimum Gasteiger partial charge on any atom is -0.493 e. The SMILES string of the molecule is COc1ccc(C2CC(=O)N(Cc3cc(-c4cccnc4)ccc3F)C2)c2c1oc1ccccc12. The summed E-state index contributed by atoms with van der Waals surface area (Å²) >= 11 is 0. The van der Waals surface area contributed by atoms with Crippen molar-refractivity contribution in [2.45, 2.75) is 18.9 Å². The topological polar surface area (TPSA) is 55.6 Å². The highest BCUT2D eigenvalue weighted by molar-refractivity contribution is 6.09. The van der Waals surface area contributed by atoms with Gasteiger partial charge in [-0.2, -0.15) is 0 Å². The van der Waals surface area contributed by atoms with Crippen LogP contribution in [0, 0.1) is 5.82 Å². The molecule has 0 bridgehead atoms. The molecule has 174 valence electrons. The second-order valence-electron chi connectivity index (χ2n) is 8.88. The minimum atomic E-state index is -0.318. The molecule has 3 aromatic carbocycles. The van der Waals surface area contributed by atoms with Crippen LogP contribution in [0.5, 0.6) is 5.75 Å². The zero-order valence-electron chi connectivity index (χ0n) is 19.2. The van der Waals surface area contributed by atoms with E-state index >= 15 is 0 Å². The fraction of sp³-hybridized carbons (Fsp3) is 0.172. The van der Waals surface area contributed by atoms with Gasteiger partial charge in [0.05, 0.1) is 7.11 Å². The molecule has 1 aliphatic heterocycles. The van der Waals surface area contributed by atoms with Crippen LogP contribution in [0.3, 0.4) is 0 Å². The van der Waals surface area contributed by atoms with Crippen LogP contribution in [0.2, 0.25) is 0 Å². The number of likely N-dealkylation sites (tertiary alicyclic amines) is 1. The molecule has 6 rings (SSSR count). The summed E-state index contributed by atoms with van der Waals surface area (Å²) in [4.78, 5) is 18.9. The second-order valence-corrected chi connectivity index (χ2v) is 8.88. The first kappa shape index (κ1) is 21.4. The van der Waals surface area contributed by atoms with Gasteiger partial charge in [-0.3, -0.25) is 9.78 Å². The third-order valence-corrected chi connectivity index (χ3v) is 6.80. The van der Waals surface area contributed by atoms with E-state index in [4.69, 9.17) is 9.15 Å². The molecular formula is C29H23FN2O3. The first-order valence-corrected chi connectivity index (χ1v) is 11.6. The molecule has 1 aliphatic rings. The molecule has 3 heterocycles. The molecule has 0 saturated carbocycles. The van der Waals surface area contributed by atoms with Crippen LogP contribution in [0.25, 0.3) is 33.1 Å². The number of benzene rings is 3. The summed E-state index contributed by atoms with van der Waals surface area (Å²) in [5.74, 6) is 0.330. The predicted octanol–water partition coefficient (Wildman–Crippen LogP) is 6.31. The Morgan fingerprint density at radius 3 is 2.80 bits per heavy atom. The van der Waals surface area contributed by atoms with Gasteiger partial charge in [0.25, 0.3) is 0 Å². The van der Waals surface area contributed by atoms with Crippen LogP contribution >= 0.6 is 0 Å². The summed E-state index contributed by atoms with van der Waals surface area (Å²) in [6, 6.07) is 20.6. The summed E-state index contributed by atoms with van der Waals surface area (Å²) in [6.45, 7) is 0.733. The van der Waals surface area contributed by atoms with Crippen molar-refractivity contribution in [2.24, 2.45) is 0 Å². The molecule has 35 heavy (non-hydrogen) atoms. The van der Waals surface area contributed by atoms with Gasteiger partial charge in [0, 0.05) is 59.7 Å². The summed E-state index contributed by atoms with van der Waals surface area (Å²) in [5.41, 5.74) is 4.79. The van der Waals surface area contributed by atoms with Crippen molar-refractivity contribution < 1.29 is 18.3 Å². The van der Waals surface area contributed by atoms with E-state index in [-0.39, 0.29) is 24.2 Å². The lowest BCUT2D eigenvalue weighted by Crippen LogP contribution is -2.25. The lowest BCUT2D eigenvalue weighted by Gasteiger charge is -2.18. The number of fused-ring (bicyclic) bond motifs is 3. The van der Waals surface area contributed by atoms with Crippen LogP contribution in [0.15, 0.2) is 83.5 Å². The van der Waals surface area contributed by atoms with Crippen LogP contribution in [-0.4, -0.2) is 29.4 Å². The van der Waals surface area contributed by atoms with Crippen molar-refractivity contribution in [3.05, 3.63) is 96.1 Å². The molecule has 0 N–H and O–H groups in total. The Morgan fingerprint density at radius 2 is 1.97 bits per heavy atom. The van der Waals surface area contributed by atoms with Gasteiger partial charge in [-0.25, -0.2) is 4.39 Å². The number of halogens is 1. The Bertz CT molecular complexity index is 1560. The highest BCUT2D eigenvalue weighted by Gasteiger charge is 2.33. The first-order valence-electron chi connectivity index (χ1n) is 11.6. The maximum atomic E-state index is 14.7. The van der Waals surface area contributed by atoms with Crippen molar-refractivity contribution in [1.82, 2.24) is 9.88 Å². The standard InChI is InChI=1S/C29H23FN2O3/c1-34-26-11-9-22(28-23-6-2-3-7-25(23)35-29(26)28)20-14-27(33)32(16-20)17-21-13-18(8-10-24(21)30)19-5-4-12-31-15-19/h2-13,15,20H,14,16-17H2,1H3. The molecule has 0 radical (unpaired) electrons. The number of ether oxygens (including phenoxy) is 1. The molecule has 2 aromatic heterocycles. The fourth-order valence-corrected chi connectivity index (χ4v) is 5.08. The van der Waals surface area contributed by atoms with Gasteiger partial charge in [0.2, 0.25) is 5.91 Å². The summed E-state index contributed by atoms with van der Waals surface area (Å²) in [6.07, 6.45) is 3.82. The maximum Gasteiger partial charge on any atom is 0.223 e. The number of hydrogen-bond donors (Lipinski definition) is 0. The maximum absolute atomic E-state index is 14.7. The third kappa shape index (κ3) is 3.71. The van der Waals surface area contributed by atoms with E-state index in [1.54, 1.807) is 30.5 Å². The number of carbonyl (C=O) groups excluding carboxylic acids is 1. The van der Waals surface area contributed by atoms with E-state index < -0.39 is 0 Å². The Hall–Kier alpha value is -4.19. The van der Waals surface area contributed by atoms with Gasteiger partial charge in [-0.1, -0.05) is 36.4 Å². The van der Waals surface area contributed by atoms with Crippen molar-refractivity contribution in [3.63, 3.8) is 0 Å². The van der Waals surface area contributed by atoms with Crippen LogP contribution in [-0.2, 0) is 11.3 Å². The second kappa shape index (κ2) is 8.55. The van der Waals surface area contributed by atoms with Crippen molar-refractivity contribution in [2.75, 3.05) is 13.7 Å². The van der Waals surface area contributed by atoms with Crippen LogP contribution in [0.1, 0.15) is 23.5 Å². The van der Waals surface area contributed by atoms with Crippen LogP contribution in [0.4, 0.5) is 4.39 Å². The average molecular weight is 467 g/mol. The number of carbonyl (C=O) groups is 1. The van der Waals surface area contributed by atoms with Crippen molar-refractivity contribution in [1.29, 1.82) is 0 Å². The lowest BCUT2D eigenvalue weighted by molar-refractivity contribution is -0.128. The van der Waals surface area contributed by atoms with Gasteiger partial charge < -0.3 is 14.1 Å². The molecule has 1 atom stereocenters. The highest BCUT2D eigenvalue weighted by Crippen LogP contribution is 2.42. The number of methoxy groups -OCH3 is 1. The summed E-state index contributed by atoms with van der Waals surface area (Å²) in [5, 5.41) is 1.97. The number of nitrogens with zero attached hydrogens (tertiary/aromatic N) is 2. The zero-order chi connectivity index (χ0) is 23.9. The average Bonchev–Trinajstić information content (AvgIpc) is 3.46. The Kier molecular flexibility index (Phi) is 5.21. The largest absolute Gasteiger partial charge is 0.493 e. The molecule has 1 fully saturated rings. The van der Waals surface area contributed by atoms with E-state index in [0.29, 0.717) is 29.9 Å². The Morgan fingerprint density at radius 1 is 1.09 bits per heavy atom. The molecule has 5 nitrogen and oxygen atoms in total. The van der Waals surface area contributed by atoms with Gasteiger partial charge >= 0.3 is 0 Å². The van der Waals surface area contributed by atoms with Gasteiger partial charge in [0.15, 0.2) is 11.3 Å².